The largest absolute Gasteiger partial charge is 0.480 e. The zero-order valence-electron chi connectivity index (χ0n) is 15.1. The Balaban J connectivity index is 1.76. The summed E-state index contributed by atoms with van der Waals surface area (Å²) in [5.41, 5.74) is 0.237. The lowest BCUT2D eigenvalue weighted by molar-refractivity contribution is -0.140. The summed E-state index contributed by atoms with van der Waals surface area (Å²) in [6, 6.07) is 3.78. The number of anilines is 1. The van der Waals surface area contributed by atoms with Crippen molar-refractivity contribution in [2.75, 3.05) is 5.32 Å². The van der Waals surface area contributed by atoms with Crippen LogP contribution in [0.25, 0.3) is 0 Å². The number of nitrogens with one attached hydrogen (secondary N) is 2. The van der Waals surface area contributed by atoms with Crippen LogP contribution in [-0.4, -0.2) is 42.5 Å². The molecule has 3 aromatic heterocycles. The van der Waals surface area contributed by atoms with E-state index in [1.54, 1.807) is 19.2 Å². The summed E-state index contributed by atoms with van der Waals surface area (Å²) < 4.78 is 7.63. The number of hydrogen-bond donors (Lipinski definition) is 3. The Bertz CT molecular complexity index is 1000. The molecule has 0 saturated heterocycles. The molecule has 28 heavy (non-hydrogen) atoms. The van der Waals surface area contributed by atoms with Gasteiger partial charge in [0.25, 0.3) is 11.8 Å². The Hall–Kier alpha value is -3.89. The summed E-state index contributed by atoms with van der Waals surface area (Å²) in [5.74, 6) is -1.67. The molecule has 3 heterocycles. The Kier molecular flexibility index (Phi) is 5.25. The molecule has 1 atom stereocenters. The van der Waals surface area contributed by atoms with E-state index in [1.165, 1.54) is 36.3 Å². The maximum Gasteiger partial charge on any atom is 0.328 e. The highest BCUT2D eigenvalue weighted by atomic mass is 16.4. The number of hydrogen-bond acceptors (Lipinski definition) is 6. The molecule has 11 nitrogen and oxygen atoms in total. The van der Waals surface area contributed by atoms with Gasteiger partial charge in [0.15, 0.2) is 5.69 Å². The molecule has 0 aliphatic rings. The van der Waals surface area contributed by atoms with Crippen molar-refractivity contribution in [3.63, 3.8) is 0 Å². The highest BCUT2D eigenvalue weighted by molar-refractivity contribution is 6.07. The van der Waals surface area contributed by atoms with E-state index in [2.05, 4.69) is 20.8 Å². The number of rotatable bonds is 7. The molecule has 0 radical (unpaired) electrons. The minimum Gasteiger partial charge on any atom is -0.480 e. The van der Waals surface area contributed by atoms with Crippen molar-refractivity contribution in [3.8, 4) is 0 Å². The first-order chi connectivity index (χ1) is 13.4. The Morgan fingerprint density at radius 3 is 2.75 bits per heavy atom. The number of aryl methyl sites for hydroxylation is 1. The molecular weight excluding hydrogens is 368 g/mol. The quantitative estimate of drug-likeness (QED) is 0.550. The maximum absolute atomic E-state index is 12.6. The summed E-state index contributed by atoms with van der Waals surface area (Å²) in [5, 5.41) is 22.3. The fraction of sp³-hybridized carbons (Fsp3) is 0.235. The van der Waals surface area contributed by atoms with Crippen LogP contribution in [0.5, 0.6) is 0 Å². The first kappa shape index (κ1) is 18.9. The average molecular weight is 386 g/mol. The number of carbonyl (C=O) groups excluding carboxylic acids is 2. The molecule has 0 aliphatic carbocycles. The van der Waals surface area contributed by atoms with Gasteiger partial charge in [-0.25, -0.2) is 9.48 Å². The first-order valence-electron chi connectivity index (χ1n) is 8.28. The van der Waals surface area contributed by atoms with Gasteiger partial charge in [0.05, 0.1) is 18.5 Å². The molecular formula is C17H18N6O5. The van der Waals surface area contributed by atoms with Crippen LogP contribution in [0.4, 0.5) is 5.69 Å². The van der Waals surface area contributed by atoms with Crippen LogP contribution in [-0.2, 0) is 18.4 Å². The van der Waals surface area contributed by atoms with Crippen LogP contribution in [0, 0.1) is 0 Å². The van der Waals surface area contributed by atoms with Gasteiger partial charge in [0, 0.05) is 19.4 Å². The molecule has 0 spiro atoms. The highest BCUT2D eigenvalue weighted by Crippen LogP contribution is 2.17. The summed E-state index contributed by atoms with van der Waals surface area (Å²) in [6.07, 6.45) is 4.30. The van der Waals surface area contributed by atoms with Crippen LogP contribution in [0.2, 0.25) is 0 Å². The van der Waals surface area contributed by atoms with Gasteiger partial charge in [0.1, 0.15) is 17.5 Å². The van der Waals surface area contributed by atoms with Crippen molar-refractivity contribution >= 4 is 23.5 Å². The topological polar surface area (TPSA) is 144 Å². The van der Waals surface area contributed by atoms with Crippen molar-refractivity contribution in [1.82, 2.24) is 24.9 Å². The molecule has 0 aliphatic heterocycles. The van der Waals surface area contributed by atoms with Gasteiger partial charge in [-0.1, -0.05) is 0 Å². The third-order valence-electron chi connectivity index (χ3n) is 3.92. The summed E-state index contributed by atoms with van der Waals surface area (Å²) in [4.78, 5) is 36.2. The van der Waals surface area contributed by atoms with Crippen LogP contribution in [0.3, 0.4) is 0 Å². The molecule has 3 N–H and O–H groups in total. The van der Waals surface area contributed by atoms with E-state index in [1.807, 2.05) is 0 Å². The van der Waals surface area contributed by atoms with Gasteiger partial charge in [-0.3, -0.25) is 14.3 Å². The normalized spacial score (nSPS) is 11.8. The standard InChI is InChI=1S/C17H18N6O5/c1-10(17(26)27)23-13(5-6-19-23)15(24)20-12-9-22(2)21-14(12)16(25)18-8-11-4-3-7-28-11/h3-7,9-10H,8H2,1-2H3,(H,18,25)(H,20,24)(H,26,27). The third-order valence-corrected chi connectivity index (χ3v) is 3.92. The molecule has 146 valence electrons. The fourth-order valence-electron chi connectivity index (χ4n) is 2.51. The number of carboxylic acids is 1. The minimum atomic E-state index is -1.13. The second kappa shape index (κ2) is 7.78. The van der Waals surface area contributed by atoms with Crippen molar-refractivity contribution in [2.45, 2.75) is 19.5 Å². The SMILES string of the molecule is CC(C(=O)O)n1nccc1C(=O)Nc1cn(C)nc1C(=O)NCc1ccco1. The summed E-state index contributed by atoms with van der Waals surface area (Å²) in [7, 11) is 1.61. The van der Waals surface area contributed by atoms with Crippen molar-refractivity contribution in [2.24, 2.45) is 7.05 Å². The van der Waals surface area contributed by atoms with Crippen LogP contribution >= 0.6 is 0 Å². The van der Waals surface area contributed by atoms with Gasteiger partial charge in [-0.05, 0) is 25.1 Å². The molecule has 0 aromatic carbocycles. The predicted molar refractivity (Wildman–Crippen MR) is 95.6 cm³/mol. The minimum absolute atomic E-state index is 0.0137. The molecule has 0 fully saturated rings. The number of carboxylic acid groups (broad SMARTS) is 1. The molecule has 11 heteroatoms. The van der Waals surface area contributed by atoms with Gasteiger partial charge in [0.2, 0.25) is 0 Å². The Morgan fingerprint density at radius 2 is 2.07 bits per heavy atom. The zero-order chi connectivity index (χ0) is 20.3. The predicted octanol–water partition coefficient (Wildman–Crippen LogP) is 1.04. The van der Waals surface area contributed by atoms with Gasteiger partial charge < -0.3 is 20.2 Å². The van der Waals surface area contributed by atoms with E-state index < -0.39 is 23.8 Å². The smallest absolute Gasteiger partial charge is 0.328 e. The van der Waals surface area contributed by atoms with E-state index in [0.29, 0.717) is 5.76 Å². The lowest BCUT2D eigenvalue weighted by atomic mass is 10.3. The Labute approximate surface area is 158 Å². The third kappa shape index (κ3) is 3.92. The maximum atomic E-state index is 12.6. The van der Waals surface area contributed by atoms with Gasteiger partial charge in [-0.15, -0.1) is 0 Å². The summed E-state index contributed by atoms with van der Waals surface area (Å²) >= 11 is 0. The van der Waals surface area contributed by atoms with Crippen LogP contribution in [0.15, 0.2) is 41.3 Å². The number of amides is 2. The molecule has 1 unspecified atom stereocenters. The van der Waals surface area contributed by atoms with Gasteiger partial charge in [-0.2, -0.15) is 10.2 Å². The highest BCUT2D eigenvalue weighted by Gasteiger charge is 2.23. The fourth-order valence-corrected chi connectivity index (χ4v) is 2.51. The van der Waals surface area contributed by atoms with Crippen molar-refractivity contribution in [1.29, 1.82) is 0 Å². The number of aliphatic carboxylic acids is 1. The monoisotopic (exact) mass is 386 g/mol. The molecule has 0 saturated carbocycles. The van der Waals surface area contributed by atoms with E-state index in [-0.39, 0.29) is 23.6 Å². The molecule has 0 bridgehead atoms. The number of furan rings is 1. The Morgan fingerprint density at radius 1 is 1.29 bits per heavy atom. The number of nitrogens with zero attached hydrogens (tertiary/aromatic N) is 4. The average Bonchev–Trinajstić information content (AvgIpc) is 3.39. The number of carbonyl (C=O) groups is 3. The molecule has 3 aromatic rings. The van der Waals surface area contributed by atoms with E-state index in [0.717, 1.165) is 4.68 Å². The second-order valence-electron chi connectivity index (χ2n) is 5.96. The number of aromatic nitrogens is 4. The van der Waals surface area contributed by atoms with E-state index >= 15 is 0 Å². The zero-order valence-corrected chi connectivity index (χ0v) is 15.1. The van der Waals surface area contributed by atoms with E-state index in [4.69, 9.17) is 9.52 Å². The lowest BCUT2D eigenvalue weighted by Crippen LogP contribution is -2.26. The van der Waals surface area contributed by atoms with E-state index in [9.17, 15) is 14.4 Å². The van der Waals surface area contributed by atoms with Crippen LogP contribution < -0.4 is 10.6 Å². The summed E-state index contributed by atoms with van der Waals surface area (Å²) in [6.45, 7) is 1.57. The first-order valence-corrected chi connectivity index (χ1v) is 8.28. The molecule has 3 rings (SSSR count). The lowest BCUT2D eigenvalue weighted by Gasteiger charge is -2.11. The van der Waals surface area contributed by atoms with Crippen molar-refractivity contribution in [3.05, 3.63) is 54.0 Å². The molecule has 2 amide bonds. The van der Waals surface area contributed by atoms with Crippen molar-refractivity contribution < 1.29 is 23.9 Å². The van der Waals surface area contributed by atoms with Gasteiger partial charge >= 0.3 is 5.97 Å². The van der Waals surface area contributed by atoms with Crippen LogP contribution in [0.1, 0.15) is 39.7 Å². The second-order valence-corrected chi connectivity index (χ2v) is 5.96.